The minimum absolute atomic E-state index is 0.0801. The zero-order chi connectivity index (χ0) is 28.9. The van der Waals surface area contributed by atoms with Gasteiger partial charge in [-0.2, -0.15) is 4.98 Å². The van der Waals surface area contributed by atoms with Gasteiger partial charge in [-0.1, -0.05) is 12.1 Å². The van der Waals surface area contributed by atoms with E-state index >= 15 is 0 Å². The van der Waals surface area contributed by atoms with E-state index in [0.717, 1.165) is 42.4 Å². The van der Waals surface area contributed by atoms with E-state index in [-0.39, 0.29) is 29.1 Å². The first-order valence-electron chi connectivity index (χ1n) is 13.4. The number of carbonyl (C=O) groups excluding carboxylic acids is 1. The smallest absolute Gasteiger partial charge is 0.270 e. The van der Waals surface area contributed by atoms with Crippen LogP contribution in [0.2, 0.25) is 0 Å². The number of non-ortho nitro benzene ring substituents is 1. The number of amides is 1. The summed E-state index contributed by atoms with van der Waals surface area (Å²) >= 11 is 0. The minimum atomic E-state index is -0.526. The number of nitrogens with one attached hydrogen (secondary N) is 2. The lowest BCUT2D eigenvalue weighted by atomic mass is 9.91. The third kappa shape index (κ3) is 6.46. The van der Waals surface area contributed by atoms with Gasteiger partial charge >= 0.3 is 0 Å². The molecule has 0 radical (unpaired) electrons. The number of aromatic nitrogens is 2. The van der Waals surface area contributed by atoms with Gasteiger partial charge in [0.1, 0.15) is 23.1 Å². The number of ether oxygens (including phenoxy) is 2. The number of benzene rings is 3. The van der Waals surface area contributed by atoms with Crippen molar-refractivity contribution in [1.82, 2.24) is 15.3 Å². The molecule has 1 aliphatic rings. The fraction of sp³-hybridized carbons (Fsp3) is 0.300. The lowest BCUT2D eigenvalue weighted by Crippen LogP contribution is -2.40. The maximum atomic E-state index is 13.3. The molecule has 0 bridgehead atoms. The van der Waals surface area contributed by atoms with Crippen molar-refractivity contribution in [1.29, 1.82) is 0 Å². The third-order valence-corrected chi connectivity index (χ3v) is 7.11. The van der Waals surface area contributed by atoms with Gasteiger partial charge in [0.05, 0.1) is 23.1 Å². The first-order valence-corrected chi connectivity index (χ1v) is 13.4. The number of rotatable bonds is 9. The second kappa shape index (κ2) is 12.1. The number of carbonyl (C=O) groups is 1. The van der Waals surface area contributed by atoms with Crippen LogP contribution in [0.25, 0.3) is 10.9 Å². The van der Waals surface area contributed by atoms with E-state index in [1.807, 2.05) is 43.3 Å². The molecule has 11 heteroatoms. The van der Waals surface area contributed by atoms with E-state index in [4.69, 9.17) is 19.4 Å². The van der Waals surface area contributed by atoms with Crippen LogP contribution in [0.1, 0.15) is 36.0 Å². The first-order chi connectivity index (χ1) is 19.8. The third-order valence-electron chi connectivity index (χ3n) is 7.11. The Bertz CT molecular complexity index is 1550. The van der Waals surface area contributed by atoms with Crippen molar-refractivity contribution in [3.63, 3.8) is 0 Å². The number of para-hydroxylation sites is 1. The van der Waals surface area contributed by atoms with E-state index in [1.165, 1.54) is 18.2 Å². The summed E-state index contributed by atoms with van der Waals surface area (Å²) in [7, 11) is 5.48. The molecule has 0 aliphatic heterocycles. The molecule has 1 amide bonds. The van der Waals surface area contributed by atoms with Crippen molar-refractivity contribution in [2.45, 2.75) is 37.8 Å². The lowest BCUT2D eigenvalue weighted by molar-refractivity contribution is -0.384. The number of anilines is 2. The van der Waals surface area contributed by atoms with Gasteiger partial charge in [0.2, 0.25) is 5.95 Å². The lowest BCUT2D eigenvalue weighted by Gasteiger charge is -2.30. The number of methoxy groups -OCH3 is 1. The van der Waals surface area contributed by atoms with Gasteiger partial charge in [-0.05, 0) is 68.1 Å². The fourth-order valence-corrected chi connectivity index (χ4v) is 4.96. The van der Waals surface area contributed by atoms with Crippen molar-refractivity contribution in [2.24, 2.45) is 0 Å². The number of nitro groups is 1. The quantitative estimate of drug-likeness (QED) is 0.201. The first kappa shape index (κ1) is 27.6. The van der Waals surface area contributed by atoms with Gasteiger partial charge < -0.3 is 25.0 Å². The maximum absolute atomic E-state index is 13.3. The summed E-state index contributed by atoms with van der Waals surface area (Å²) < 4.78 is 11.1. The Morgan fingerprint density at radius 1 is 0.951 bits per heavy atom. The Morgan fingerprint density at radius 3 is 2.32 bits per heavy atom. The average molecular weight is 557 g/mol. The van der Waals surface area contributed by atoms with E-state index in [9.17, 15) is 14.9 Å². The summed E-state index contributed by atoms with van der Waals surface area (Å²) in [5, 5.41) is 18.9. The van der Waals surface area contributed by atoms with Crippen molar-refractivity contribution in [3.8, 4) is 17.2 Å². The van der Waals surface area contributed by atoms with E-state index in [1.54, 1.807) is 31.4 Å². The predicted octanol–water partition coefficient (Wildman–Crippen LogP) is 5.56. The number of hydrogen-bond acceptors (Lipinski definition) is 9. The van der Waals surface area contributed by atoms with E-state index < -0.39 is 10.8 Å². The zero-order valence-electron chi connectivity index (χ0n) is 23.2. The molecule has 1 saturated carbocycles. The van der Waals surface area contributed by atoms with Crippen LogP contribution in [0, 0.1) is 10.1 Å². The molecular weight excluding hydrogens is 524 g/mol. The fourth-order valence-electron chi connectivity index (χ4n) is 4.96. The molecule has 1 aliphatic carbocycles. The van der Waals surface area contributed by atoms with Crippen LogP contribution in [0.3, 0.4) is 0 Å². The summed E-state index contributed by atoms with van der Waals surface area (Å²) in [6, 6.07) is 18.9. The molecule has 0 spiro atoms. The second-order valence-electron chi connectivity index (χ2n) is 10.2. The maximum Gasteiger partial charge on any atom is 0.270 e. The van der Waals surface area contributed by atoms with Crippen molar-refractivity contribution < 1.29 is 19.2 Å². The van der Waals surface area contributed by atoms with Crippen LogP contribution in [-0.2, 0) is 0 Å². The molecule has 1 fully saturated rings. The molecule has 212 valence electrons. The Morgan fingerprint density at radius 2 is 1.63 bits per heavy atom. The van der Waals surface area contributed by atoms with Crippen molar-refractivity contribution in [3.05, 3.63) is 82.4 Å². The highest BCUT2D eigenvalue weighted by atomic mass is 16.6. The van der Waals surface area contributed by atoms with Gasteiger partial charge in [-0.15, -0.1) is 0 Å². The summed E-state index contributed by atoms with van der Waals surface area (Å²) in [5.41, 5.74) is 0.799. The predicted molar refractivity (Wildman–Crippen MR) is 157 cm³/mol. The van der Waals surface area contributed by atoms with Gasteiger partial charge in [0, 0.05) is 43.7 Å². The van der Waals surface area contributed by atoms with Crippen LogP contribution in [0.15, 0.2) is 66.7 Å². The van der Waals surface area contributed by atoms with Gasteiger partial charge in [-0.3, -0.25) is 14.9 Å². The monoisotopic (exact) mass is 556 g/mol. The number of nitrogens with zero attached hydrogens (tertiary/aromatic N) is 4. The van der Waals surface area contributed by atoms with Gasteiger partial charge in [-0.25, -0.2) is 4.98 Å². The minimum Gasteiger partial charge on any atom is -0.497 e. The van der Waals surface area contributed by atoms with Crippen LogP contribution < -0.4 is 25.0 Å². The zero-order valence-corrected chi connectivity index (χ0v) is 23.2. The normalized spacial score (nSPS) is 16.6. The summed E-state index contributed by atoms with van der Waals surface area (Å²) in [4.78, 5) is 35.6. The topological polar surface area (TPSA) is 132 Å². The standard InChI is InChI=1S/C30H32N6O5/c1-35(2)28-24-6-4-5-7-26(24)33-30(34-28)32-20-10-8-19(9-11-20)31-29(37)25-18-21(36(38)39)12-17-27(25)41-23-15-13-22(40-3)14-16-23/h4-7,12-20H,8-11H2,1-3H3,(H,31,37)(H,32,33,34)/t19-,20+. The molecule has 0 unspecified atom stereocenters. The Hall–Kier alpha value is -4.93. The summed E-state index contributed by atoms with van der Waals surface area (Å²) in [5.74, 6) is 2.39. The molecule has 41 heavy (non-hydrogen) atoms. The van der Waals surface area contributed by atoms with E-state index in [0.29, 0.717) is 17.4 Å². The number of nitro benzene ring substituents is 1. The van der Waals surface area contributed by atoms with Crippen LogP contribution >= 0.6 is 0 Å². The Balaban J connectivity index is 1.25. The largest absolute Gasteiger partial charge is 0.497 e. The molecule has 0 atom stereocenters. The summed E-state index contributed by atoms with van der Waals surface area (Å²) in [6.07, 6.45) is 3.09. The van der Waals surface area contributed by atoms with Crippen LogP contribution in [0.4, 0.5) is 17.5 Å². The molecule has 4 aromatic rings. The van der Waals surface area contributed by atoms with Gasteiger partial charge in [0.15, 0.2) is 0 Å². The van der Waals surface area contributed by atoms with Gasteiger partial charge in [0.25, 0.3) is 11.6 Å². The molecule has 1 aromatic heterocycles. The Labute approximate surface area is 237 Å². The van der Waals surface area contributed by atoms with Crippen LogP contribution in [0.5, 0.6) is 17.2 Å². The molecule has 5 rings (SSSR count). The molecule has 3 aromatic carbocycles. The number of hydrogen-bond donors (Lipinski definition) is 2. The molecule has 0 saturated heterocycles. The molecular formula is C30H32N6O5. The molecule has 1 heterocycles. The SMILES string of the molecule is COc1ccc(Oc2ccc([N+](=O)[O-])cc2C(=O)N[C@H]2CC[C@@H](Nc3nc(N(C)C)c4ccccc4n3)CC2)cc1. The second-order valence-corrected chi connectivity index (χ2v) is 10.2. The van der Waals surface area contributed by atoms with Crippen molar-refractivity contribution >= 4 is 34.3 Å². The highest BCUT2D eigenvalue weighted by molar-refractivity contribution is 5.98. The molecule has 2 N–H and O–H groups in total. The van der Waals surface area contributed by atoms with Crippen LogP contribution in [-0.4, -0.2) is 54.1 Å². The number of fused-ring (bicyclic) bond motifs is 1. The highest BCUT2D eigenvalue weighted by Crippen LogP contribution is 2.31. The molecule has 11 nitrogen and oxygen atoms in total. The average Bonchev–Trinajstić information content (AvgIpc) is 2.98. The summed E-state index contributed by atoms with van der Waals surface area (Å²) in [6.45, 7) is 0. The van der Waals surface area contributed by atoms with Crippen molar-refractivity contribution in [2.75, 3.05) is 31.4 Å². The van der Waals surface area contributed by atoms with E-state index in [2.05, 4.69) is 10.6 Å². The Kier molecular flexibility index (Phi) is 8.14. The highest BCUT2D eigenvalue weighted by Gasteiger charge is 2.26.